The molecule has 4 aliphatic carbocycles. The molecule has 27 nitrogen and oxygen atoms in total. The number of aromatic nitrogens is 2. The van der Waals surface area contributed by atoms with E-state index < -0.39 is 31.7 Å². The average Bonchev–Trinajstić information content (AvgIpc) is 1.66. The number of halogens is 4. The Balaban J connectivity index is 0.000000158. The van der Waals surface area contributed by atoms with Crippen molar-refractivity contribution in [2.75, 3.05) is 64.0 Å². The van der Waals surface area contributed by atoms with Crippen LogP contribution in [-0.2, 0) is 65.4 Å². The van der Waals surface area contributed by atoms with E-state index in [4.69, 9.17) is 61.7 Å². The van der Waals surface area contributed by atoms with Gasteiger partial charge < -0.3 is 77.7 Å². The van der Waals surface area contributed by atoms with Gasteiger partial charge in [0.25, 0.3) is 0 Å². The van der Waals surface area contributed by atoms with Crippen LogP contribution in [0.25, 0.3) is 68.9 Å². The molecule has 0 saturated carbocycles. The second-order valence-electron chi connectivity index (χ2n) is 32.7. The number of sulfonamides is 2. The van der Waals surface area contributed by atoms with Gasteiger partial charge in [0, 0.05) is 17.6 Å². The first-order valence-corrected chi connectivity index (χ1v) is 47.4. The molecule has 12 aromatic rings. The number of fused-ring (bicyclic) bond motifs is 4. The summed E-state index contributed by atoms with van der Waals surface area (Å²) in [6.45, 7) is 10.7. The van der Waals surface area contributed by atoms with Gasteiger partial charge in [-0.25, -0.2) is 44.7 Å². The molecule has 34 heteroatoms. The van der Waals surface area contributed by atoms with Gasteiger partial charge in [0.05, 0.1) is 139 Å². The zero-order valence-corrected chi connectivity index (χ0v) is 82.1. The number of nitrogens with zero attached hydrogens (tertiary/aromatic N) is 1. The van der Waals surface area contributed by atoms with Gasteiger partial charge in [0.2, 0.25) is 49.4 Å². The lowest BCUT2D eigenvalue weighted by Crippen LogP contribution is -2.23. The maximum Gasteiger partial charge on any atom is 0.245 e. The second kappa shape index (κ2) is 45.5. The number of amides is 4. The molecule has 0 radical (unpaired) electrons. The normalized spacial score (nSPS) is 14.0. The van der Waals surface area contributed by atoms with Crippen molar-refractivity contribution in [2.24, 2.45) is 10.3 Å². The number of primary sulfonamides is 2. The molecule has 9 N–H and O–H groups in total. The monoisotopic (exact) mass is 1980 g/mol. The Labute approximate surface area is 819 Å². The lowest BCUT2D eigenvalue weighted by Gasteiger charge is -2.13. The first-order valence-electron chi connectivity index (χ1n) is 43.9. The fourth-order valence-corrected chi connectivity index (χ4v) is 19.0. The molecule has 16 rings (SSSR count). The number of aryl methyl sites for hydroxylation is 1. The molecule has 141 heavy (non-hydrogen) atoms. The highest BCUT2D eigenvalue weighted by Gasteiger charge is 2.34. The van der Waals surface area contributed by atoms with E-state index in [0.717, 1.165) is 117 Å². The number of hydrogen-bond acceptors (Lipinski definition) is 21. The summed E-state index contributed by atoms with van der Waals surface area (Å²) < 4.78 is 164. The van der Waals surface area contributed by atoms with Crippen LogP contribution >= 0.6 is 12.6 Å². The average molecular weight is 1980 g/mol. The number of rotatable bonds is 31. The van der Waals surface area contributed by atoms with Gasteiger partial charge in [-0.05, 0) is 338 Å². The summed E-state index contributed by atoms with van der Waals surface area (Å²) in [6, 6.07) is 48.2. The third-order valence-electron chi connectivity index (χ3n) is 23.8. The van der Waals surface area contributed by atoms with Crippen LogP contribution in [-0.4, -0.2) is 114 Å². The molecule has 0 saturated heterocycles. The Bertz CT molecular complexity index is 7250. The maximum atomic E-state index is 14.3. The predicted octanol–water partition coefficient (Wildman–Crippen LogP) is 19.3. The molecule has 0 unspecified atom stereocenters. The second-order valence-corrected chi connectivity index (χ2v) is 36.1. The topological polar surface area (TPSA) is 375 Å². The van der Waals surface area contributed by atoms with E-state index in [1.54, 1.807) is 96.4 Å². The Hall–Kier alpha value is -15.4. The zero-order valence-electron chi connectivity index (χ0n) is 79.6. The van der Waals surface area contributed by atoms with Crippen molar-refractivity contribution in [3.05, 3.63) is 336 Å². The van der Waals surface area contributed by atoms with Gasteiger partial charge in [-0.1, -0.05) is 30.3 Å². The number of furan rings is 2. The maximum absolute atomic E-state index is 14.3. The SMILES string of the molecule is COc1cc(/C=C2/C(C)=C(CC(=O)NCc3ccc[nH]3)c3cc(F)ccc32)cc(OC)c1OC.COc1cc(/C=C2/C(C)=C(CC(=O)NCc3cccc(C)n3)c3cc(F)ccc32)cc(OC)c1S(N)(=O)=O.COc1cc(/C=C2/C(C)=C(CC(=O)NCc3ccco3)c3cc(F)ccc32)cc(OC)c1S.COc1cc(/C=C2/C(C)=C(CC(=O)NCc3ccco3)c3cc(F)ccc32)cc(OC)c1S(N)(=O)=O. The third-order valence-corrected chi connectivity index (χ3v) is 26.1. The smallest absolute Gasteiger partial charge is 0.245 e. The number of pyridine rings is 1. The van der Waals surface area contributed by atoms with Crippen LogP contribution in [0.3, 0.4) is 0 Å². The van der Waals surface area contributed by atoms with Crippen molar-refractivity contribution in [3.8, 4) is 51.7 Å². The number of nitrogens with two attached hydrogens (primary N) is 2. The number of H-pyrrole nitrogens is 1. The summed E-state index contributed by atoms with van der Waals surface area (Å²) in [7, 11) is 4.94. The molecular weight excluding hydrogens is 1870 g/mol. The number of hydrogen-bond donors (Lipinski definition) is 8. The van der Waals surface area contributed by atoms with Crippen molar-refractivity contribution in [2.45, 2.75) is 101 Å². The van der Waals surface area contributed by atoms with Crippen LogP contribution in [0.5, 0.6) is 51.7 Å². The van der Waals surface area contributed by atoms with E-state index in [1.807, 2.05) is 114 Å². The fourth-order valence-electron chi connectivity index (χ4n) is 17.0. The molecule has 4 amide bonds. The number of aromatic amines is 1. The molecule has 4 heterocycles. The molecule has 0 spiro atoms. The van der Waals surface area contributed by atoms with E-state index in [-0.39, 0.29) is 107 Å². The van der Waals surface area contributed by atoms with Crippen molar-refractivity contribution >= 4 is 125 Å². The number of benzene rings is 8. The lowest BCUT2D eigenvalue weighted by molar-refractivity contribution is -0.121. The van der Waals surface area contributed by atoms with E-state index in [1.165, 1.54) is 107 Å². The summed E-state index contributed by atoms with van der Waals surface area (Å²) in [5, 5.41) is 22.2. The Morgan fingerprint density at radius 2 is 0.674 bits per heavy atom. The minimum atomic E-state index is -4.12. The molecule has 732 valence electrons. The number of thiol groups is 1. The highest BCUT2D eigenvalue weighted by Crippen LogP contribution is 2.51. The van der Waals surface area contributed by atoms with Gasteiger partial charge in [-0.3, -0.25) is 24.2 Å². The Morgan fingerprint density at radius 1 is 0.369 bits per heavy atom. The molecule has 4 aliphatic rings. The van der Waals surface area contributed by atoms with Gasteiger partial charge in [0.1, 0.15) is 69.3 Å². The number of nitrogens with one attached hydrogen (secondary N) is 5. The fraction of sp³-hybridized carbons (Fsp3) is 0.206. The van der Waals surface area contributed by atoms with Crippen LogP contribution in [0.1, 0.15) is 149 Å². The van der Waals surface area contributed by atoms with Gasteiger partial charge in [0.15, 0.2) is 21.3 Å². The van der Waals surface area contributed by atoms with Gasteiger partial charge >= 0.3 is 0 Å². The molecule has 0 atom stereocenters. The van der Waals surface area contributed by atoms with E-state index in [0.29, 0.717) is 91.7 Å². The van der Waals surface area contributed by atoms with Crippen LogP contribution in [0.4, 0.5) is 17.6 Å². The van der Waals surface area contributed by atoms with Crippen molar-refractivity contribution in [1.29, 1.82) is 0 Å². The summed E-state index contributed by atoms with van der Waals surface area (Å²) in [5.74, 6) is 1.88. The Morgan fingerprint density at radius 3 is 0.950 bits per heavy atom. The quantitative estimate of drug-likeness (QED) is 0.0148. The standard InChI is InChI=1S/C28H28FN3O5S.C27H27FN2O4.C26H25FN2O6S.C26H24FNO4S/c1-16-6-5-7-20(32-16)15-31-27(33)14-23-17(2)22(21-9-8-19(29)13-24(21)23)10-18-11-25(36-3)28(38(30,34)35)26(12-18)37-4;1-16-21(10-17-11-24(32-2)27(34-4)25(12-17)33-3)20-8-7-18(28)13-23(20)22(16)14-26(31)30-15-19-6-5-9-29-19;1-15-20(9-16-10-23(33-2)26(36(28,31)32)24(11-16)34-3)19-7-6-17(27)12-22(19)21(15)13-25(30)29-14-18-5-4-8-35-18;1-15-20(9-16-10-23(30-2)26(33)24(11-16)31-3)19-7-6-17(27)12-22(19)21(15)13-25(29)28-14-18-5-4-8-32-18/h5-13H,14-15H2,1-4H3,(H,31,33)(H2,30,34,35);5-13,29H,14-15H2,1-4H3,(H,30,31);4-12H,13-14H2,1-3H3,(H,29,30)(H2,28,31,32);4-12,33H,13-14H2,1-3H3,(H,28,29)/b22-10-;21-10-;2*20-9-. The van der Waals surface area contributed by atoms with Crippen molar-refractivity contribution in [1.82, 2.24) is 31.2 Å². The van der Waals surface area contributed by atoms with Crippen molar-refractivity contribution in [3.63, 3.8) is 0 Å². The van der Waals surface area contributed by atoms with E-state index >= 15 is 0 Å². The minimum Gasteiger partial charge on any atom is -0.495 e. The Kier molecular flexibility index (Phi) is 33.2. The number of allylic oxidation sites excluding steroid dienone is 8. The third kappa shape index (κ3) is 24.3. The highest BCUT2D eigenvalue weighted by atomic mass is 32.2. The van der Waals surface area contributed by atoms with E-state index in [9.17, 15) is 53.6 Å². The van der Waals surface area contributed by atoms with Crippen molar-refractivity contribution < 1.29 is 105 Å². The summed E-state index contributed by atoms with van der Waals surface area (Å²) in [6.07, 6.45) is 12.8. The summed E-state index contributed by atoms with van der Waals surface area (Å²) >= 11 is 4.46. The molecular formula is C107H104F4N8O19S3. The first kappa shape index (κ1) is 103. The van der Waals surface area contributed by atoms with Crippen LogP contribution in [0.15, 0.2) is 240 Å². The van der Waals surface area contributed by atoms with Crippen LogP contribution in [0, 0.1) is 30.2 Å². The molecule has 8 aromatic carbocycles. The number of methoxy groups -OCH3 is 9. The van der Waals surface area contributed by atoms with E-state index in [2.05, 4.69) is 43.9 Å². The zero-order chi connectivity index (χ0) is 101. The summed E-state index contributed by atoms with van der Waals surface area (Å²) in [5.41, 5.74) is 21.0. The minimum absolute atomic E-state index is 0.0280. The first-order chi connectivity index (χ1) is 67.5. The van der Waals surface area contributed by atoms with Crippen LogP contribution < -0.4 is 74.2 Å². The number of carbonyl (C=O) groups excluding carboxylic acids is 4. The predicted molar refractivity (Wildman–Crippen MR) is 535 cm³/mol. The molecule has 0 bridgehead atoms. The largest absolute Gasteiger partial charge is 0.495 e. The number of ether oxygens (including phenoxy) is 9. The van der Waals surface area contributed by atoms with Gasteiger partial charge in [-0.2, -0.15) is 0 Å². The van der Waals surface area contributed by atoms with Gasteiger partial charge in [-0.15, -0.1) is 12.6 Å². The number of carbonyl (C=O) groups is 4. The highest BCUT2D eigenvalue weighted by molar-refractivity contribution is 7.89. The van der Waals surface area contributed by atoms with Crippen LogP contribution in [0.2, 0.25) is 0 Å². The molecule has 4 aromatic heterocycles. The molecule has 0 aliphatic heterocycles. The lowest BCUT2D eigenvalue weighted by atomic mass is 10.00. The summed E-state index contributed by atoms with van der Waals surface area (Å²) in [4.78, 5) is 58.5. The molecule has 0 fully saturated rings.